The second kappa shape index (κ2) is 2.85. The average molecular weight is 180 g/mol. The fraction of sp³-hybridized carbons (Fsp3) is 0.500. The van der Waals surface area contributed by atoms with E-state index in [0.29, 0.717) is 5.69 Å². The minimum Gasteiger partial charge on any atom is -0.346 e. The van der Waals surface area contributed by atoms with Crippen LogP contribution in [0.1, 0.15) is 16.9 Å². The van der Waals surface area contributed by atoms with E-state index < -0.39 is 0 Å². The first-order valence-electron chi connectivity index (χ1n) is 4.23. The summed E-state index contributed by atoms with van der Waals surface area (Å²) in [5.74, 6) is -0.0991. The smallest absolute Gasteiger partial charge is 0.269 e. The minimum atomic E-state index is -0.0991. The molecule has 13 heavy (non-hydrogen) atoms. The van der Waals surface area contributed by atoms with Crippen LogP contribution in [0.25, 0.3) is 0 Å². The second-order valence-electron chi connectivity index (χ2n) is 3.32. The van der Waals surface area contributed by atoms with Crippen LogP contribution in [-0.4, -0.2) is 27.8 Å². The van der Waals surface area contributed by atoms with Crippen molar-refractivity contribution >= 4 is 5.91 Å². The highest BCUT2D eigenvalue weighted by Gasteiger charge is 2.35. The van der Waals surface area contributed by atoms with Gasteiger partial charge in [-0.05, 0) is 12.5 Å². The molecule has 1 aliphatic rings. The number of hydrogen-bond acceptors (Lipinski definition) is 3. The molecule has 1 aromatic heterocycles. The van der Waals surface area contributed by atoms with Crippen molar-refractivity contribution in [2.24, 2.45) is 12.8 Å². The Bertz CT molecular complexity index is 333. The number of rotatable bonds is 2. The summed E-state index contributed by atoms with van der Waals surface area (Å²) in [5, 5.41) is 6.73. The van der Waals surface area contributed by atoms with Crippen molar-refractivity contribution in [3.05, 3.63) is 18.0 Å². The van der Waals surface area contributed by atoms with Gasteiger partial charge in [0.25, 0.3) is 5.91 Å². The summed E-state index contributed by atoms with van der Waals surface area (Å²) in [6.45, 7) is 0. The van der Waals surface area contributed by atoms with Crippen molar-refractivity contribution in [2.75, 3.05) is 0 Å². The Morgan fingerprint density at radius 1 is 1.85 bits per heavy atom. The molecule has 2 rings (SSSR count). The number of nitrogens with two attached hydrogens (primary N) is 1. The number of carbonyl (C=O) groups is 1. The number of amides is 1. The van der Waals surface area contributed by atoms with Gasteiger partial charge in [0.2, 0.25) is 0 Å². The summed E-state index contributed by atoms with van der Waals surface area (Å²) in [6.07, 6.45) is 2.48. The highest BCUT2D eigenvalue weighted by molar-refractivity contribution is 5.92. The first-order chi connectivity index (χ1) is 6.18. The third-order valence-corrected chi connectivity index (χ3v) is 2.21. The fourth-order valence-corrected chi connectivity index (χ4v) is 1.22. The van der Waals surface area contributed by atoms with E-state index >= 15 is 0 Å². The second-order valence-corrected chi connectivity index (χ2v) is 3.32. The van der Waals surface area contributed by atoms with Gasteiger partial charge >= 0.3 is 0 Å². The molecular weight excluding hydrogens is 168 g/mol. The summed E-state index contributed by atoms with van der Waals surface area (Å²) in [6, 6.07) is 1.98. The van der Waals surface area contributed by atoms with Crippen LogP contribution in [0.15, 0.2) is 12.3 Å². The third-order valence-electron chi connectivity index (χ3n) is 2.21. The molecule has 1 fully saturated rings. The Hall–Kier alpha value is -1.36. The largest absolute Gasteiger partial charge is 0.346 e. The molecule has 1 aromatic rings. The lowest BCUT2D eigenvalue weighted by molar-refractivity contribution is 0.0941. The molecule has 1 amide bonds. The van der Waals surface area contributed by atoms with Crippen LogP contribution < -0.4 is 11.1 Å². The van der Waals surface area contributed by atoms with E-state index in [9.17, 15) is 4.79 Å². The van der Waals surface area contributed by atoms with Crippen LogP contribution in [0.3, 0.4) is 0 Å². The van der Waals surface area contributed by atoms with E-state index in [-0.39, 0.29) is 18.0 Å². The molecule has 2 unspecified atom stereocenters. The van der Waals surface area contributed by atoms with Crippen LogP contribution in [-0.2, 0) is 7.05 Å². The molecule has 3 N–H and O–H groups in total. The molecule has 0 radical (unpaired) electrons. The number of nitrogens with zero attached hydrogens (tertiary/aromatic N) is 2. The van der Waals surface area contributed by atoms with Gasteiger partial charge in [-0.15, -0.1) is 0 Å². The molecule has 0 bridgehead atoms. The van der Waals surface area contributed by atoms with E-state index in [1.165, 1.54) is 0 Å². The van der Waals surface area contributed by atoms with Crippen molar-refractivity contribution in [2.45, 2.75) is 18.5 Å². The Morgan fingerprint density at radius 3 is 3.00 bits per heavy atom. The number of nitrogens with one attached hydrogen (secondary N) is 1. The van der Waals surface area contributed by atoms with Gasteiger partial charge in [0.1, 0.15) is 5.69 Å². The van der Waals surface area contributed by atoms with Crippen LogP contribution >= 0.6 is 0 Å². The van der Waals surface area contributed by atoms with Gasteiger partial charge in [-0.2, -0.15) is 5.10 Å². The van der Waals surface area contributed by atoms with Gasteiger partial charge in [-0.3, -0.25) is 9.48 Å². The summed E-state index contributed by atoms with van der Waals surface area (Å²) in [7, 11) is 1.74. The summed E-state index contributed by atoms with van der Waals surface area (Å²) < 4.78 is 1.54. The van der Waals surface area contributed by atoms with Gasteiger partial charge in [-0.25, -0.2) is 0 Å². The van der Waals surface area contributed by atoms with Crippen LogP contribution in [0, 0.1) is 0 Å². The van der Waals surface area contributed by atoms with E-state index in [4.69, 9.17) is 5.73 Å². The Balaban J connectivity index is 2.01. The first kappa shape index (κ1) is 8.25. The minimum absolute atomic E-state index is 0.0991. The zero-order valence-electron chi connectivity index (χ0n) is 7.40. The lowest BCUT2D eigenvalue weighted by atomic mass is 10.4. The molecule has 1 saturated carbocycles. The van der Waals surface area contributed by atoms with Crippen LogP contribution in [0.2, 0.25) is 0 Å². The molecule has 70 valence electrons. The number of aromatic nitrogens is 2. The van der Waals surface area contributed by atoms with E-state index in [2.05, 4.69) is 10.4 Å². The monoisotopic (exact) mass is 180 g/mol. The van der Waals surface area contributed by atoms with Crippen molar-refractivity contribution in [3.63, 3.8) is 0 Å². The summed E-state index contributed by atoms with van der Waals surface area (Å²) in [5.41, 5.74) is 6.14. The third kappa shape index (κ3) is 1.55. The summed E-state index contributed by atoms with van der Waals surface area (Å²) in [4.78, 5) is 11.5. The molecular formula is C8H12N4O. The van der Waals surface area contributed by atoms with Gasteiger partial charge in [0.15, 0.2) is 0 Å². The van der Waals surface area contributed by atoms with Crippen LogP contribution in [0.4, 0.5) is 0 Å². The van der Waals surface area contributed by atoms with Crippen molar-refractivity contribution in [1.29, 1.82) is 0 Å². The van der Waals surface area contributed by atoms with Gasteiger partial charge in [-0.1, -0.05) is 0 Å². The molecule has 0 aliphatic heterocycles. The average Bonchev–Trinajstić information content (AvgIpc) is 2.62. The van der Waals surface area contributed by atoms with Gasteiger partial charge in [0.05, 0.1) is 0 Å². The Kier molecular flexibility index (Phi) is 1.81. The number of hydrogen-bond donors (Lipinski definition) is 2. The maximum absolute atomic E-state index is 11.5. The molecule has 5 heteroatoms. The summed E-state index contributed by atoms with van der Waals surface area (Å²) >= 11 is 0. The zero-order valence-corrected chi connectivity index (χ0v) is 7.40. The molecule has 5 nitrogen and oxygen atoms in total. The lowest BCUT2D eigenvalue weighted by Gasteiger charge is -2.02. The predicted octanol–water partition coefficient (Wildman–Crippen LogP) is -0.750. The SMILES string of the molecule is Cn1nccc1C(=O)NC1CC1N. The first-order valence-corrected chi connectivity index (χ1v) is 4.23. The number of aryl methyl sites for hydroxylation is 1. The molecule has 0 aromatic carbocycles. The maximum atomic E-state index is 11.5. The lowest BCUT2D eigenvalue weighted by Crippen LogP contribution is -2.31. The Labute approximate surface area is 75.9 Å². The zero-order chi connectivity index (χ0) is 9.42. The van der Waals surface area contributed by atoms with Crippen LogP contribution in [0.5, 0.6) is 0 Å². The van der Waals surface area contributed by atoms with Gasteiger partial charge < -0.3 is 11.1 Å². The highest BCUT2D eigenvalue weighted by Crippen LogP contribution is 2.18. The van der Waals surface area contributed by atoms with E-state index in [1.807, 2.05) is 0 Å². The molecule has 2 atom stereocenters. The quantitative estimate of drug-likeness (QED) is 0.629. The molecule has 1 aliphatic carbocycles. The molecule has 0 saturated heterocycles. The maximum Gasteiger partial charge on any atom is 0.269 e. The fourth-order valence-electron chi connectivity index (χ4n) is 1.22. The predicted molar refractivity (Wildman–Crippen MR) is 47.1 cm³/mol. The van der Waals surface area contributed by atoms with Crippen molar-refractivity contribution < 1.29 is 4.79 Å². The van der Waals surface area contributed by atoms with E-state index in [1.54, 1.807) is 24.0 Å². The number of carbonyl (C=O) groups excluding carboxylic acids is 1. The normalized spacial score (nSPS) is 25.7. The van der Waals surface area contributed by atoms with Crippen molar-refractivity contribution in [3.8, 4) is 0 Å². The highest BCUT2D eigenvalue weighted by atomic mass is 16.2. The standard InChI is InChI=1S/C8H12N4O/c1-12-7(2-3-10-12)8(13)11-6-4-5(6)9/h2-3,5-6H,4,9H2,1H3,(H,11,13). The van der Waals surface area contributed by atoms with Gasteiger partial charge in [0, 0.05) is 25.3 Å². The molecule has 1 heterocycles. The van der Waals surface area contributed by atoms with E-state index in [0.717, 1.165) is 6.42 Å². The topological polar surface area (TPSA) is 72.9 Å². The molecule has 0 spiro atoms. The Morgan fingerprint density at radius 2 is 2.54 bits per heavy atom. The van der Waals surface area contributed by atoms with Crippen molar-refractivity contribution in [1.82, 2.24) is 15.1 Å².